The molecule has 0 unspecified atom stereocenters. The van der Waals surface area contributed by atoms with Gasteiger partial charge < -0.3 is 10.1 Å². The summed E-state index contributed by atoms with van der Waals surface area (Å²) in [5.41, 5.74) is 1.25. The summed E-state index contributed by atoms with van der Waals surface area (Å²) >= 11 is 0. The fourth-order valence-electron chi connectivity index (χ4n) is 2.41. The van der Waals surface area contributed by atoms with Crippen LogP contribution in [0.1, 0.15) is 37.7 Å². The van der Waals surface area contributed by atoms with Gasteiger partial charge in [-0.3, -0.25) is 0 Å². The van der Waals surface area contributed by atoms with Crippen LogP contribution in [0.15, 0.2) is 30.3 Å². The highest BCUT2D eigenvalue weighted by Crippen LogP contribution is 2.16. The first kappa shape index (κ1) is 12.6. The molecule has 1 N–H and O–H groups in total. The van der Waals surface area contributed by atoms with E-state index < -0.39 is 0 Å². The third kappa shape index (κ3) is 4.88. The molecule has 0 heterocycles. The highest BCUT2D eigenvalue weighted by atomic mass is 16.5. The van der Waals surface area contributed by atoms with Crippen LogP contribution >= 0.6 is 0 Å². The molecule has 94 valence electrons. The van der Waals surface area contributed by atoms with Crippen molar-refractivity contribution in [3.63, 3.8) is 0 Å². The summed E-state index contributed by atoms with van der Waals surface area (Å²) in [4.78, 5) is 0. The van der Waals surface area contributed by atoms with Crippen molar-refractivity contribution in [1.29, 1.82) is 0 Å². The van der Waals surface area contributed by atoms with Gasteiger partial charge in [0.15, 0.2) is 0 Å². The molecule has 17 heavy (non-hydrogen) atoms. The van der Waals surface area contributed by atoms with Crippen molar-refractivity contribution in [3.05, 3.63) is 35.9 Å². The maximum absolute atomic E-state index is 5.65. The largest absolute Gasteiger partial charge is 0.375 e. The van der Waals surface area contributed by atoms with E-state index in [2.05, 4.69) is 29.6 Å². The molecular weight excluding hydrogens is 210 g/mol. The summed E-state index contributed by atoms with van der Waals surface area (Å²) < 4.78 is 5.65. The fraction of sp³-hybridized carbons (Fsp3) is 0.600. The molecule has 0 spiro atoms. The Morgan fingerprint density at radius 2 is 1.82 bits per heavy atom. The van der Waals surface area contributed by atoms with E-state index >= 15 is 0 Å². The molecule has 0 radical (unpaired) electrons. The lowest BCUT2D eigenvalue weighted by Gasteiger charge is -2.22. The molecule has 1 aliphatic rings. The quantitative estimate of drug-likeness (QED) is 0.762. The second-order valence-corrected chi connectivity index (χ2v) is 4.83. The first-order chi connectivity index (χ1) is 8.45. The lowest BCUT2D eigenvalue weighted by atomic mass is 9.96. The van der Waals surface area contributed by atoms with Gasteiger partial charge in [0.1, 0.15) is 0 Å². The third-order valence-electron chi connectivity index (χ3n) is 3.40. The summed E-state index contributed by atoms with van der Waals surface area (Å²) in [5, 5.41) is 3.58. The van der Waals surface area contributed by atoms with Gasteiger partial charge in [-0.2, -0.15) is 0 Å². The zero-order valence-electron chi connectivity index (χ0n) is 10.5. The smallest absolute Gasteiger partial charge is 0.0717 e. The summed E-state index contributed by atoms with van der Waals surface area (Å²) in [7, 11) is 0. The van der Waals surface area contributed by atoms with Crippen LogP contribution in [0, 0.1) is 0 Å². The van der Waals surface area contributed by atoms with Crippen LogP contribution in [-0.2, 0) is 11.3 Å². The van der Waals surface area contributed by atoms with Gasteiger partial charge in [-0.1, -0.05) is 49.6 Å². The topological polar surface area (TPSA) is 21.3 Å². The SMILES string of the molecule is c1ccc(COCCNC2CCCCC2)cc1. The lowest BCUT2D eigenvalue weighted by molar-refractivity contribution is 0.119. The number of hydrogen-bond donors (Lipinski definition) is 1. The molecule has 1 aromatic rings. The van der Waals surface area contributed by atoms with E-state index in [0.717, 1.165) is 25.8 Å². The van der Waals surface area contributed by atoms with E-state index in [1.165, 1.54) is 37.7 Å². The van der Waals surface area contributed by atoms with Gasteiger partial charge in [0, 0.05) is 12.6 Å². The fourth-order valence-corrected chi connectivity index (χ4v) is 2.41. The van der Waals surface area contributed by atoms with Crippen LogP contribution in [0.25, 0.3) is 0 Å². The Hall–Kier alpha value is -0.860. The van der Waals surface area contributed by atoms with Crippen LogP contribution in [0.3, 0.4) is 0 Å². The monoisotopic (exact) mass is 233 g/mol. The normalized spacial score (nSPS) is 17.2. The molecule has 1 fully saturated rings. The molecule has 0 atom stereocenters. The summed E-state index contributed by atoms with van der Waals surface area (Å²) in [5.74, 6) is 0. The second-order valence-electron chi connectivity index (χ2n) is 4.83. The number of nitrogens with one attached hydrogen (secondary N) is 1. The van der Waals surface area contributed by atoms with E-state index in [1.54, 1.807) is 0 Å². The van der Waals surface area contributed by atoms with Gasteiger partial charge in [-0.25, -0.2) is 0 Å². The Balaban J connectivity index is 1.51. The Bertz CT molecular complexity index is 293. The van der Waals surface area contributed by atoms with Crippen molar-refractivity contribution in [2.24, 2.45) is 0 Å². The first-order valence-electron chi connectivity index (χ1n) is 6.80. The van der Waals surface area contributed by atoms with E-state index in [1.807, 2.05) is 6.07 Å². The predicted molar refractivity (Wildman–Crippen MR) is 71.0 cm³/mol. The van der Waals surface area contributed by atoms with Gasteiger partial charge in [0.2, 0.25) is 0 Å². The molecule has 1 saturated carbocycles. The zero-order valence-corrected chi connectivity index (χ0v) is 10.5. The number of rotatable bonds is 6. The van der Waals surface area contributed by atoms with Crippen molar-refractivity contribution in [2.45, 2.75) is 44.8 Å². The molecule has 2 rings (SSSR count). The van der Waals surface area contributed by atoms with Crippen LogP contribution < -0.4 is 5.32 Å². The van der Waals surface area contributed by atoms with E-state index in [-0.39, 0.29) is 0 Å². The number of benzene rings is 1. The second kappa shape index (κ2) is 7.46. The van der Waals surface area contributed by atoms with Crippen molar-refractivity contribution >= 4 is 0 Å². The number of ether oxygens (including phenoxy) is 1. The molecule has 0 aliphatic heterocycles. The summed E-state index contributed by atoms with van der Waals surface area (Å²) in [6.07, 6.45) is 6.89. The van der Waals surface area contributed by atoms with E-state index in [9.17, 15) is 0 Å². The minimum absolute atomic E-state index is 0.729. The average molecular weight is 233 g/mol. The molecule has 2 nitrogen and oxygen atoms in total. The molecule has 0 aromatic heterocycles. The molecule has 1 aliphatic carbocycles. The molecule has 0 bridgehead atoms. The highest BCUT2D eigenvalue weighted by Gasteiger charge is 2.11. The Morgan fingerprint density at radius 1 is 1.06 bits per heavy atom. The number of hydrogen-bond acceptors (Lipinski definition) is 2. The van der Waals surface area contributed by atoms with Gasteiger partial charge in [-0.05, 0) is 18.4 Å². The van der Waals surface area contributed by atoms with Gasteiger partial charge in [0.05, 0.1) is 13.2 Å². The molecule has 2 heteroatoms. The van der Waals surface area contributed by atoms with Crippen molar-refractivity contribution in [3.8, 4) is 0 Å². The van der Waals surface area contributed by atoms with E-state index in [4.69, 9.17) is 4.74 Å². The molecular formula is C15H23NO. The maximum Gasteiger partial charge on any atom is 0.0717 e. The zero-order chi connectivity index (χ0) is 11.8. The van der Waals surface area contributed by atoms with Gasteiger partial charge >= 0.3 is 0 Å². The first-order valence-corrected chi connectivity index (χ1v) is 6.80. The van der Waals surface area contributed by atoms with Crippen molar-refractivity contribution < 1.29 is 4.74 Å². The predicted octanol–water partition coefficient (Wildman–Crippen LogP) is 3.13. The highest BCUT2D eigenvalue weighted by molar-refractivity contribution is 5.13. The lowest BCUT2D eigenvalue weighted by Crippen LogP contribution is -2.33. The minimum atomic E-state index is 0.729. The van der Waals surface area contributed by atoms with Crippen LogP contribution in [0.5, 0.6) is 0 Å². The summed E-state index contributed by atoms with van der Waals surface area (Å²) in [6, 6.07) is 11.1. The van der Waals surface area contributed by atoms with Crippen molar-refractivity contribution in [1.82, 2.24) is 5.32 Å². The average Bonchev–Trinajstić information content (AvgIpc) is 2.41. The summed E-state index contributed by atoms with van der Waals surface area (Å²) in [6.45, 7) is 2.52. The maximum atomic E-state index is 5.65. The Kier molecular flexibility index (Phi) is 5.53. The Labute approximate surface area is 104 Å². The van der Waals surface area contributed by atoms with Crippen molar-refractivity contribution in [2.75, 3.05) is 13.2 Å². The minimum Gasteiger partial charge on any atom is -0.375 e. The molecule has 0 amide bonds. The standard InChI is InChI=1S/C15H23NO/c1-3-7-14(8-4-1)13-17-12-11-16-15-9-5-2-6-10-15/h1,3-4,7-8,15-16H,2,5-6,9-13H2. The van der Waals surface area contributed by atoms with Crippen LogP contribution in [0.2, 0.25) is 0 Å². The van der Waals surface area contributed by atoms with Crippen LogP contribution in [-0.4, -0.2) is 19.2 Å². The van der Waals surface area contributed by atoms with Gasteiger partial charge in [-0.15, -0.1) is 0 Å². The van der Waals surface area contributed by atoms with Gasteiger partial charge in [0.25, 0.3) is 0 Å². The third-order valence-corrected chi connectivity index (χ3v) is 3.40. The van der Waals surface area contributed by atoms with Crippen LogP contribution in [0.4, 0.5) is 0 Å². The van der Waals surface area contributed by atoms with E-state index in [0.29, 0.717) is 0 Å². The molecule has 0 saturated heterocycles. The Morgan fingerprint density at radius 3 is 2.59 bits per heavy atom. The molecule has 1 aromatic carbocycles.